The Balaban J connectivity index is 2.64. The largest absolute Gasteiger partial charge is 0.480 e. The first-order valence-electron chi connectivity index (χ1n) is 6.92. The van der Waals surface area contributed by atoms with Gasteiger partial charge in [-0.25, -0.2) is 4.99 Å². The maximum absolute atomic E-state index is 10.7. The fraction of sp³-hybridized carbons (Fsp3) is 0.467. The minimum absolute atomic E-state index is 0.450. The second-order valence-electron chi connectivity index (χ2n) is 5.15. The summed E-state index contributed by atoms with van der Waals surface area (Å²) >= 11 is 0. The number of carboxylic acids is 1. The van der Waals surface area contributed by atoms with Crippen LogP contribution in [0.1, 0.15) is 12.8 Å². The topological polar surface area (TPSA) is 82.2 Å². The molecule has 0 amide bonds. The third kappa shape index (κ3) is 5.83. The summed E-state index contributed by atoms with van der Waals surface area (Å²) < 4.78 is 0. The molecule has 1 aromatic carbocycles. The molecule has 0 aromatic heterocycles. The van der Waals surface area contributed by atoms with E-state index in [1.807, 2.05) is 61.3 Å². The smallest absolute Gasteiger partial charge is 0.320 e. The number of carbonyl (C=O) groups is 1. The van der Waals surface area contributed by atoms with Gasteiger partial charge in [-0.05, 0) is 25.0 Å². The molecule has 0 bridgehead atoms. The van der Waals surface area contributed by atoms with Crippen LogP contribution in [-0.4, -0.2) is 60.6 Å². The van der Waals surface area contributed by atoms with Gasteiger partial charge in [-0.1, -0.05) is 18.2 Å². The third-order valence-electron chi connectivity index (χ3n) is 3.05. The Morgan fingerprint density at radius 2 is 1.90 bits per heavy atom. The van der Waals surface area contributed by atoms with Crippen LogP contribution in [-0.2, 0) is 4.79 Å². The fourth-order valence-corrected chi connectivity index (χ4v) is 1.92. The molecule has 0 saturated carbocycles. The molecular weight excluding hydrogens is 268 g/mol. The van der Waals surface area contributed by atoms with Gasteiger partial charge in [0.05, 0.1) is 5.69 Å². The monoisotopic (exact) mass is 292 g/mol. The van der Waals surface area contributed by atoms with Crippen molar-refractivity contribution in [3.8, 4) is 0 Å². The first kappa shape index (κ1) is 17.0. The lowest BCUT2D eigenvalue weighted by atomic mass is 10.1. The van der Waals surface area contributed by atoms with Crippen molar-refractivity contribution in [2.75, 3.05) is 27.7 Å². The molecule has 1 aromatic rings. The molecule has 1 unspecified atom stereocenters. The molecular formula is C15H24N4O2. The number of nitrogens with zero attached hydrogens (tertiary/aromatic N) is 3. The Labute approximate surface area is 125 Å². The van der Waals surface area contributed by atoms with Crippen molar-refractivity contribution >= 4 is 17.6 Å². The van der Waals surface area contributed by atoms with Crippen LogP contribution in [0.25, 0.3) is 0 Å². The summed E-state index contributed by atoms with van der Waals surface area (Å²) in [5.41, 5.74) is 6.39. The molecule has 0 radical (unpaired) electrons. The average molecular weight is 292 g/mol. The number of aliphatic imine (C=N–C) groups is 1. The van der Waals surface area contributed by atoms with E-state index in [4.69, 9.17) is 10.8 Å². The highest BCUT2D eigenvalue weighted by molar-refractivity contribution is 5.82. The lowest BCUT2D eigenvalue weighted by molar-refractivity contribution is -0.138. The summed E-state index contributed by atoms with van der Waals surface area (Å²) in [6, 6.07) is 8.92. The Morgan fingerprint density at radius 1 is 1.29 bits per heavy atom. The maximum atomic E-state index is 10.7. The van der Waals surface area contributed by atoms with Crippen LogP contribution in [0, 0.1) is 0 Å². The van der Waals surface area contributed by atoms with Crippen molar-refractivity contribution in [3.05, 3.63) is 30.3 Å². The van der Waals surface area contributed by atoms with Gasteiger partial charge in [0.2, 0.25) is 5.96 Å². The molecule has 0 saturated heterocycles. The number of aliphatic carboxylic acids is 1. The van der Waals surface area contributed by atoms with E-state index in [0.29, 0.717) is 19.4 Å². The number of guanidine groups is 1. The Morgan fingerprint density at radius 3 is 2.43 bits per heavy atom. The van der Waals surface area contributed by atoms with E-state index in [-0.39, 0.29) is 0 Å². The lowest BCUT2D eigenvalue weighted by Gasteiger charge is -2.26. The highest BCUT2D eigenvalue weighted by Gasteiger charge is 2.13. The summed E-state index contributed by atoms with van der Waals surface area (Å²) in [7, 11) is 5.80. The number of carboxylic acid groups (broad SMARTS) is 1. The molecule has 0 fully saturated rings. The second kappa shape index (κ2) is 8.26. The number of hydrogen-bond acceptors (Lipinski definition) is 3. The van der Waals surface area contributed by atoms with Crippen molar-refractivity contribution in [3.63, 3.8) is 0 Å². The third-order valence-corrected chi connectivity index (χ3v) is 3.05. The number of rotatable bonds is 6. The predicted molar refractivity (Wildman–Crippen MR) is 84.7 cm³/mol. The summed E-state index contributed by atoms with van der Waals surface area (Å²) in [5.74, 6) is -0.131. The van der Waals surface area contributed by atoms with Gasteiger partial charge in [-0.15, -0.1) is 0 Å². The fourth-order valence-electron chi connectivity index (χ4n) is 1.92. The van der Waals surface area contributed by atoms with E-state index in [2.05, 4.69) is 4.99 Å². The molecule has 3 N–H and O–H groups in total. The minimum atomic E-state index is -0.955. The van der Waals surface area contributed by atoms with E-state index >= 15 is 0 Å². The summed E-state index contributed by atoms with van der Waals surface area (Å²) in [6.07, 6.45) is 1.15. The maximum Gasteiger partial charge on any atom is 0.320 e. The molecule has 116 valence electrons. The van der Waals surface area contributed by atoms with Gasteiger partial charge < -0.3 is 20.6 Å². The molecule has 21 heavy (non-hydrogen) atoms. The van der Waals surface area contributed by atoms with Crippen LogP contribution in [0.15, 0.2) is 35.3 Å². The molecule has 1 rings (SSSR count). The Kier molecular flexibility index (Phi) is 6.68. The molecule has 6 nitrogen and oxygen atoms in total. The van der Waals surface area contributed by atoms with Gasteiger partial charge in [0, 0.05) is 27.7 Å². The van der Waals surface area contributed by atoms with Crippen molar-refractivity contribution in [2.45, 2.75) is 18.9 Å². The van der Waals surface area contributed by atoms with Crippen molar-refractivity contribution in [1.82, 2.24) is 9.80 Å². The second-order valence-corrected chi connectivity index (χ2v) is 5.15. The summed E-state index contributed by atoms with van der Waals surface area (Å²) in [5, 5.41) is 8.77. The van der Waals surface area contributed by atoms with Gasteiger partial charge in [-0.3, -0.25) is 4.79 Å². The van der Waals surface area contributed by atoms with E-state index in [1.165, 1.54) is 0 Å². The van der Waals surface area contributed by atoms with Gasteiger partial charge in [0.15, 0.2) is 0 Å². The standard InChI is InChI=1S/C15H24N4O2/c1-18(2)15(17-12-8-5-4-6-9-12)19(3)11-7-10-13(16)14(20)21/h4-6,8-9,13H,7,10-11,16H2,1-3H3,(H,20,21). The first-order chi connectivity index (χ1) is 9.91. The number of para-hydroxylation sites is 1. The molecule has 0 spiro atoms. The molecule has 1 atom stereocenters. The normalized spacial score (nSPS) is 12.9. The highest BCUT2D eigenvalue weighted by atomic mass is 16.4. The van der Waals surface area contributed by atoms with Crippen molar-refractivity contribution in [2.24, 2.45) is 10.7 Å². The van der Waals surface area contributed by atoms with Crippen LogP contribution < -0.4 is 5.73 Å². The quantitative estimate of drug-likeness (QED) is 0.611. The zero-order valence-electron chi connectivity index (χ0n) is 12.9. The average Bonchev–Trinajstić information content (AvgIpc) is 2.45. The number of benzene rings is 1. The minimum Gasteiger partial charge on any atom is -0.480 e. The molecule has 6 heteroatoms. The van der Waals surface area contributed by atoms with Crippen LogP contribution in [0.4, 0.5) is 5.69 Å². The molecule has 0 aliphatic carbocycles. The summed E-state index contributed by atoms with van der Waals surface area (Å²) in [4.78, 5) is 19.2. The van der Waals surface area contributed by atoms with Crippen LogP contribution in [0.5, 0.6) is 0 Å². The van der Waals surface area contributed by atoms with Crippen molar-refractivity contribution in [1.29, 1.82) is 0 Å². The zero-order valence-corrected chi connectivity index (χ0v) is 12.9. The first-order valence-corrected chi connectivity index (χ1v) is 6.92. The van der Waals surface area contributed by atoms with Crippen LogP contribution in [0.2, 0.25) is 0 Å². The molecule has 0 aliphatic heterocycles. The van der Waals surface area contributed by atoms with E-state index in [9.17, 15) is 4.79 Å². The van der Waals surface area contributed by atoms with E-state index in [0.717, 1.165) is 11.6 Å². The zero-order chi connectivity index (χ0) is 15.8. The van der Waals surface area contributed by atoms with E-state index in [1.54, 1.807) is 0 Å². The Bertz CT molecular complexity index is 474. The van der Waals surface area contributed by atoms with Crippen LogP contribution in [0.3, 0.4) is 0 Å². The number of nitrogens with two attached hydrogens (primary N) is 1. The van der Waals surface area contributed by atoms with E-state index < -0.39 is 12.0 Å². The SMILES string of the molecule is CN(C)C(=Nc1ccccc1)N(C)CCCC(N)C(=O)O. The highest BCUT2D eigenvalue weighted by Crippen LogP contribution is 2.12. The molecule has 0 heterocycles. The Hall–Kier alpha value is -2.08. The van der Waals surface area contributed by atoms with Gasteiger partial charge in [-0.2, -0.15) is 0 Å². The van der Waals surface area contributed by atoms with Gasteiger partial charge in [0.1, 0.15) is 6.04 Å². The number of hydrogen-bond donors (Lipinski definition) is 2. The van der Waals surface area contributed by atoms with Gasteiger partial charge >= 0.3 is 5.97 Å². The predicted octanol–water partition coefficient (Wildman–Crippen LogP) is 1.36. The van der Waals surface area contributed by atoms with Crippen molar-refractivity contribution < 1.29 is 9.90 Å². The van der Waals surface area contributed by atoms with Gasteiger partial charge in [0.25, 0.3) is 0 Å². The summed E-state index contributed by atoms with van der Waals surface area (Å²) in [6.45, 7) is 0.699. The lowest BCUT2D eigenvalue weighted by Crippen LogP contribution is -2.39. The van der Waals surface area contributed by atoms with Crippen LogP contribution >= 0.6 is 0 Å². The molecule has 0 aliphatic rings.